The Morgan fingerprint density at radius 2 is 0.434 bits per heavy atom. The SMILES string of the molecule is CCCCCCC/C=C\C/C=C\CCCCCCCCCCCC(=O)OCC(COC(=O)CCCCCCCCCCCCCCCCCCCCCCCC)OC(=O)CCCCCCCCCCCCCCCCCCCCCCCC. The van der Waals surface area contributed by atoms with Gasteiger partial charge in [0.25, 0.3) is 0 Å². The standard InChI is InChI=1S/C77H146O6/c1-4-7-10-13-16-19-22-25-28-31-34-37-40-43-46-49-52-55-58-61-64-67-70-76(79)82-73-74(72-81-75(78)69-66-63-60-57-54-51-48-45-42-39-36-33-30-27-24-21-18-15-12-9-6-3)83-77(80)71-68-65-62-59-56-53-50-47-44-41-38-35-32-29-26-23-20-17-14-11-8-5-2/h24,27,33,36,74H,4-23,25-26,28-32,34-35,37-73H2,1-3H3/b27-24-,36-33-. The maximum atomic E-state index is 13.0. The fourth-order valence-corrected chi connectivity index (χ4v) is 11.8. The highest BCUT2D eigenvalue weighted by atomic mass is 16.6. The molecule has 1 atom stereocenters. The summed E-state index contributed by atoms with van der Waals surface area (Å²) < 4.78 is 17.1. The van der Waals surface area contributed by atoms with Crippen LogP contribution in [0.25, 0.3) is 0 Å². The molecule has 0 saturated carbocycles. The molecule has 0 aromatic carbocycles. The highest BCUT2D eigenvalue weighted by Crippen LogP contribution is 2.19. The van der Waals surface area contributed by atoms with E-state index < -0.39 is 6.10 Å². The van der Waals surface area contributed by atoms with Crippen molar-refractivity contribution in [3.05, 3.63) is 24.3 Å². The zero-order valence-corrected chi connectivity index (χ0v) is 56.5. The van der Waals surface area contributed by atoms with Crippen LogP contribution in [0.5, 0.6) is 0 Å². The Hall–Kier alpha value is -2.11. The van der Waals surface area contributed by atoms with E-state index in [1.54, 1.807) is 0 Å². The van der Waals surface area contributed by atoms with Crippen LogP contribution in [-0.2, 0) is 28.6 Å². The molecular formula is C77H146O6. The zero-order chi connectivity index (χ0) is 59.9. The van der Waals surface area contributed by atoms with E-state index in [9.17, 15) is 14.4 Å². The van der Waals surface area contributed by atoms with Gasteiger partial charge in [0.2, 0.25) is 0 Å². The average Bonchev–Trinajstić information content (AvgIpc) is 3.49. The van der Waals surface area contributed by atoms with Gasteiger partial charge in [-0.1, -0.05) is 385 Å². The van der Waals surface area contributed by atoms with Crippen molar-refractivity contribution in [2.45, 2.75) is 438 Å². The molecule has 0 N–H and O–H groups in total. The molecule has 0 aliphatic carbocycles. The van der Waals surface area contributed by atoms with Crippen LogP contribution in [0, 0.1) is 0 Å². The fraction of sp³-hybridized carbons (Fsp3) is 0.909. The Balaban J connectivity index is 4.30. The second-order valence-corrected chi connectivity index (χ2v) is 25.9. The predicted octanol–water partition coefficient (Wildman–Crippen LogP) is 26.1. The van der Waals surface area contributed by atoms with Crippen LogP contribution in [-0.4, -0.2) is 37.2 Å². The number of carbonyl (C=O) groups excluding carboxylic acids is 3. The first kappa shape index (κ1) is 80.9. The van der Waals surface area contributed by atoms with Gasteiger partial charge in [-0.15, -0.1) is 0 Å². The number of esters is 3. The summed E-state index contributed by atoms with van der Waals surface area (Å²) in [7, 11) is 0. The number of carbonyl (C=O) groups is 3. The molecule has 0 saturated heterocycles. The number of unbranched alkanes of at least 4 members (excludes halogenated alkanes) is 56. The second-order valence-electron chi connectivity index (χ2n) is 25.9. The third-order valence-electron chi connectivity index (χ3n) is 17.5. The van der Waals surface area contributed by atoms with Crippen LogP contribution >= 0.6 is 0 Å². The predicted molar refractivity (Wildman–Crippen MR) is 363 cm³/mol. The summed E-state index contributed by atoms with van der Waals surface area (Å²) >= 11 is 0. The van der Waals surface area contributed by atoms with E-state index in [0.717, 1.165) is 64.2 Å². The lowest BCUT2D eigenvalue weighted by atomic mass is 10.0. The molecule has 0 heterocycles. The van der Waals surface area contributed by atoms with Gasteiger partial charge in [-0.3, -0.25) is 14.4 Å². The number of rotatable bonds is 71. The molecule has 0 aromatic heterocycles. The van der Waals surface area contributed by atoms with Crippen molar-refractivity contribution in [1.29, 1.82) is 0 Å². The molecule has 1 unspecified atom stereocenters. The summed E-state index contributed by atoms with van der Waals surface area (Å²) in [5, 5.41) is 0. The number of hydrogen-bond donors (Lipinski definition) is 0. The topological polar surface area (TPSA) is 78.9 Å². The fourth-order valence-electron chi connectivity index (χ4n) is 11.8. The van der Waals surface area contributed by atoms with Gasteiger partial charge in [-0.2, -0.15) is 0 Å². The minimum atomic E-state index is -0.771. The van der Waals surface area contributed by atoms with Crippen molar-refractivity contribution < 1.29 is 28.6 Å². The molecule has 0 fully saturated rings. The Morgan fingerprint density at radius 1 is 0.241 bits per heavy atom. The minimum Gasteiger partial charge on any atom is -0.462 e. The molecule has 6 nitrogen and oxygen atoms in total. The first-order valence-corrected chi connectivity index (χ1v) is 37.8. The van der Waals surface area contributed by atoms with Gasteiger partial charge in [0.15, 0.2) is 6.10 Å². The summed E-state index contributed by atoms with van der Waals surface area (Å²) in [6, 6.07) is 0. The number of ether oxygens (including phenoxy) is 3. The van der Waals surface area contributed by atoms with Crippen LogP contribution in [0.3, 0.4) is 0 Å². The smallest absolute Gasteiger partial charge is 0.306 e. The molecule has 0 aromatic rings. The van der Waals surface area contributed by atoms with Crippen molar-refractivity contribution in [3.8, 4) is 0 Å². The van der Waals surface area contributed by atoms with Gasteiger partial charge in [0.05, 0.1) is 0 Å². The van der Waals surface area contributed by atoms with Crippen molar-refractivity contribution in [1.82, 2.24) is 0 Å². The highest BCUT2D eigenvalue weighted by molar-refractivity contribution is 5.71. The van der Waals surface area contributed by atoms with E-state index in [4.69, 9.17) is 14.2 Å². The minimum absolute atomic E-state index is 0.0653. The van der Waals surface area contributed by atoms with Crippen molar-refractivity contribution in [2.75, 3.05) is 13.2 Å². The van der Waals surface area contributed by atoms with Gasteiger partial charge < -0.3 is 14.2 Å². The van der Waals surface area contributed by atoms with Gasteiger partial charge in [0.1, 0.15) is 13.2 Å². The van der Waals surface area contributed by atoms with Crippen LogP contribution in [0.1, 0.15) is 432 Å². The summed E-state index contributed by atoms with van der Waals surface area (Å²) in [6.07, 6.45) is 89.3. The second kappa shape index (κ2) is 72.4. The van der Waals surface area contributed by atoms with Crippen molar-refractivity contribution in [3.63, 3.8) is 0 Å². The van der Waals surface area contributed by atoms with Crippen LogP contribution in [0.2, 0.25) is 0 Å². The van der Waals surface area contributed by atoms with Gasteiger partial charge in [-0.05, 0) is 51.4 Å². The van der Waals surface area contributed by atoms with E-state index in [0.29, 0.717) is 19.3 Å². The summed E-state index contributed by atoms with van der Waals surface area (Å²) in [5.74, 6) is -0.830. The van der Waals surface area contributed by atoms with Crippen LogP contribution < -0.4 is 0 Å². The normalized spacial score (nSPS) is 12.1. The third-order valence-corrected chi connectivity index (χ3v) is 17.5. The molecule has 0 radical (unpaired) electrons. The van der Waals surface area contributed by atoms with E-state index in [-0.39, 0.29) is 31.1 Å². The molecule has 0 spiro atoms. The Bertz CT molecular complexity index is 1340. The maximum Gasteiger partial charge on any atom is 0.306 e. The quantitative estimate of drug-likeness (QED) is 0.0261. The molecule has 490 valence electrons. The first-order valence-electron chi connectivity index (χ1n) is 37.8. The largest absolute Gasteiger partial charge is 0.462 e. The van der Waals surface area contributed by atoms with Crippen molar-refractivity contribution in [2.24, 2.45) is 0 Å². The first-order chi connectivity index (χ1) is 41.0. The van der Waals surface area contributed by atoms with E-state index in [1.165, 1.54) is 327 Å². The Kier molecular flexibility index (Phi) is 70.5. The molecule has 0 aliphatic rings. The maximum absolute atomic E-state index is 13.0. The molecular weight excluding hydrogens is 1020 g/mol. The van der Waals surface area contributed by atoms with E-state index >= 15 is 0 Å². The molecule has 0 rings (SSSR count). The third kappa shape index (κ3) is 70.5. The summed E-state index contributed by atoms with van der Waals surface area (Å²) in [5.41, 5.74) is 0. The van der Waals surface area contributed by atoms with E-state index in [2.05, 4.69) is 45.1 Å². The summed E-state index contributed by atoms with van der Waals surface area (Å²) in [6.45, 7) is 6.73. The number of hydrogen-bond acceptors (Lipinski definition) is 6. The van der Waals surface area contributed by atoms with Gasteiger partial charge in [-0.25, -0.2) is 0 Å². The highest BCUT2D eigenvalue weighted by Gasteiger charge is 2.20. The van der Waals surface area contributed by atoms with Crippen LogP contribution in [0.15, 0.2) is 24.3 Å². The molecule has 0 bridgehead atoms. The zero-order valence-electron chi connectivity index (χ0n) is 56.5. The van der Waals surface area contributed by atoms with E-state index in [1.807, 2.05) is 0 Å². The number of allylic oxidation sites excluding steroid dienone is 4. The summed E-state index contributed by atoms with van der Waals surface area (Å²) in [4.78, 5) is 38.6. The monoisotopic (exact) mass is 1170 g/mol. The lowest BCUT2D eigenvalue weighted by Gasteiger charge is -2.18. The van der Waals surface area contributed by atoms with Gasteiger partial charge in [0, 0.05) is 19.3 Å². The molecule has 83 heavy (non-hydrogen) atoms. The molecule has 0 aliphatic heterocycles. The Morgan fingerprint density at radius 3 is 0.663 bits per heavy atom. The van der Waals surface area contributed by atoms with Crippen LogP contribution in [0.4, 0.5) is 0 Å². The lowest BCUT2D eigenvalue weighted by Crippen LogP contribution is -2.30. The average molecular weight is 1170 g/mol. The molecule has 0 amide bonds. The van der Waals surface area contributed by atoms with Gasteiger partial charge >= 0.3 is 17.9 Å². The Labute approximate surface area is 519 Å². The molecule has 6 heteroatoms. The lowest BCUT2D eigenvalue weighted by molar-refractivity contribution is -0.167. The van der Waals surface area contributed by atoms with Crippen molar-refractivity contribution >= 4 is 17.9 Å².